The number of carboxylic acid groups (broad SMARTS) is 1. The number of para-hydroxylation sites is 1. The number of carboxylic acids is 1. The number of hydrogen-bond donors (Lipinski definition) is 1. The fourth-order valence-corrected chi connectivity index (χ4v) is 2.49. The number of ether oxygens (including phenoxy) is 2. The van der Waals surface area contributed by atoms with Gasteiger partial charge in [0.2, 0.25) is 5.60 Å². The molecule has 1 heterocycles. The van der Waals surface area contributed by atoms with E-state index in [0.29, 0.717) is 17.1 Å². The molecule has 0 saturated heterocycles. The van der Waals surface area contributed by atoms with Gasteiger partial charge in [-0.05, 0) is 30.7 Å². The summed E-state index contributed by atoms with van der Waals surface area (Å²) in [6.07, 6.45) is 0. The molecule has 0 aromatic heterocycles. The summed E-state index contributed by atoms with van der Waals surface area (Å²) < 4.78 is 10.9. The van der Waals surface area contributed by atoms with Crippen molar-refractivity contribution in [3.63, 3.8) is 0 Å². The van der Waals surface area contributed by atoms with Gasteiger partial charge >= 0.3 is 5.97 Å². The third-order valence-corrected chi connectivity index (χ3v) is 3.64. The maximum atomic E-state index is 11.7. The predicted octanol–water partition coefficient (Wildman–Crippen LogP) is 3.05. The smallest absolute Gasteiger partial charge is 0.352 e. The highest BCUT2D eigenvalue weighted by Crippen LogP contribution is 2.46. The second-order valence-electron chi connectivity index (χ2n) is 4.85. The van der Waals surface area contributed by atoms with Crippen molar-refractivity contribution < 1.29 is 19.4 Å². The molecule has 102 valence electrons. The lowest BCUT2D eigenvalue weighted by atomic mass is 9.85. The summed E-state index contributed by atoms with van der Waals surface area (Å²) in [6, 6.07) is 12.8. The van der Waals surface area contributed by atoms with Crippen LogP contribution in [0.3, 0.4) is 0 Å². The van der Waals surface area contributed by atoms with E-state index in [0.717, 1.165) is 11.1 Å². The summed E-state index contributed by atoms with van der Waals surface area (Å²) in [5, 5.41) is 9.57. The SMILES string of the molecule is COc1ccc2c(c1)C(C)(C(=O)O)Oc1ccccc1-2. The predicted molar refractivity (Wildman–Crippen MR) is 74.0 cm³/mol. The summed E-state index contributed by atoms with van der Waals surface area (Å²) in [5.74, 6) is 0.163. The Morgan fingerprint density at radius 3 is 2.65 bits per heavy atom. The zero-order chi connectivity index (χ0) is 14.3. The molecule has 3 rings (SSSR count). The van der Waals surface area contributed by atoms with Crippen LogP contribution in [0.15, 0.2) is 42.5 Å². The first-order chi connectivity index (χ1) is 9.56. The molecule has 1 aliphatic heterocycles. The highest BCUT2D eigenvalue weighted by molar-refractivity contribution is 5.88. The van der Waals surface area contributed by atoms with Crippen molar-refractivity contribution in [1.29, 1.82) is 0 Å². The summed E-state index contributed by atoms with van der Waals surface area (Å²) >= 11 is 0. The maximum absolute atomic E-state index is 11.7. The zero-order valence-electron chi connectivity index (χ0n) is 11.2. The number of benzene rings is 2. The van der Waals surface area contributed by atoms with Crippen LogP contribution in [0.5, 0.6) is 11.5 Å². The van der Waals surface area contributed by atoms with E-state index in [-0.39, 0.29) is 0 Å². The van der Waals surface area contributed by atoms with Crippen LogP contribution in [0.4, 0.5) is 0 Å². The van der Waals surface area contributed by atoms with E-state index in [4.69, 9.17) is 9.47 Å². The van der Waals surface area contributed by atoms with Crippen molar-refractivity contribution in [3.8, 4) is 22.6 Å². The lowest BCUT2D eigenvalue weighted by Gasteiger charge is -2.34. The standard InChI is InChI=1S/C16H14O4/c1-16(15(17)18)13-9-10(19-2)7-8-11(13)12-5-3-4-6-14(12)20-16/h3-9H,1-2H3,(H,17,18). The number of methoxy groups -OCH3 is 1. The third-order valence-electron chi connectivity index (χ3n) is 3.64. The second-order valence-corrected chi connectivity index (χ2v) is 4.85. The molecule has 0 aliphatic carbocycles. The van der Waals surface area contributed by atoms with E-state index >= 15 is 0 Å². The summed E-state index contributed by atoms with van der Waals surface area (Å²) in [5.41, 5.74) is 0.933. The molecule has 1 N–H and O–H groups in total. The van der Waals surface area contributed by atoms with Gasteiger partial charge in [0.15, 0.2) is 0 Å². The first-order valence-corrected chi connectivity index (χ1v) is 6.26. The van der Waals surface area contributed by atoms with Crippen molar-refractivity contribution in [2.75, 3.05) is 7.11 Å². The first kappa shape index (κ1) is 12.5. The zero-order valence-corrected chi connectivity index (χ0v) is 11.2. The van der Waals surface area contributed by atoms with Gasteiger partial charge in [-0.2, -0.15) is 0 Å². The molecular weight excluding hydrogens is 256 g/mol. The minimum Gasteiger partial charge on any atom is -0.497 e. The molecule has 0 radical (unpaired) electrons. The van der Waals surface area contributed by atoms with E-state index in [1.54, 1.807) is 26.2 Å². The lowest BCUT2D eigenvalue weighted by molar-refractivity contribution is -0.154. The minimum atomic E-state index is -1.42. The number of rotatable bonds is 2. The van der Waals surface area contributed by atoms with Gasteiger partial charge in [0.1, 0.15) is 11.5 Å². The molecule has 20 heavy (non-hydrogen) atoms. The van der Waals surface area contributed by atoms with E-state index in [1.807, 2.05) is 30.3 Å². The Labute approximate surface area is 116 Å². The fraction of sp³-hybridized carbons (Fsp3) is 0.188. The van der Waals surface area contributed by atoms with Crippen LogP contribution in [0.2, 0.25) is 0 Å². The number of hydrogen-bond acceptors (Lipinski definition) is 3. The molecule has 4 nitrogen and oxygen atoms in total. The summed E-state index contributed by atoms with van der Waals surface area (Å²) in [6.45, 7) is 1.56. The quantitative estimate of drug-likeness (QED) is 0.911. The van der Waals surface area contributed by atoms with Gasteiger partial charge in [0, 0.05) is 11.1 Å². The van der Waals surface area contributed by atoms with E-state index in [9.17, 15) is 9.90 Å². The Balaban J connectivity index is 2.31. The highest BCUT2D eigenvalue weighted by atomic mass is 16.5. The second kappa shape index (κ2) is 4.27. The molecule has 0 saturated carbocycles. The van der Waals surface area contributed by atoms with Crippen LogP contribution in [-0.4, -0.2) is 18.2 Å². The largest absolute Gasteiger partial charge is 0.497 e. The minimum absolute atomic E-state index is 0.579. The average molecular weight is 270 g/mol. The van der Waals surface area contributed by atoms with Crippen LogP contribution in [0, 0.1) is 0 Å². The molecule has 1 aliphatic rings. The molecule has 2 aromatic rings. The lowest BCUT2D eigenvalue weighted by Crippen LogP contribution is -2.40. The highest BCUT2D eigenvalue weighted by Gasteiger charge is 2.43. The van der Waals surface area contributed by atoms with Gasteiger partial charge in [-0.25, -0.2) is 4.79 Å². The van der Waals surface area contributed by atoms with Gasteiger partial charge < -0.3 is 14.6 Å². The van der Waals surface area contributed by atoms with Crippen molar-refractivity contribution in [2.45, 2.75) is 12.5 Å². The Kier molecular flexibility index (Phi) is 2.67. The van der Waals surface area contributed by atoms with Gasteiger partial charge in [-0.15, -0.1) is 0 Å². The van der Waals surface area contributed by atoms with Crippen molar-refractivity contribution in [2.24, 2.45) is 0 Å². The molecule has 0 bridgehead atoms. The topological polar surface area (TPSA) is 55.8 Å². The molecule has 2 aromatic carbocycles. The van der Waals surface area contributed by atoms with Gasteiger partial charge in [0.25, 0.3) is 0 Å². The van der Waals surface area contributed by atoms with Crippen molar-refractivity contribution >= 4 is 5.97 Å². The van der Waals surface area contributed by atoms with Crippen molar-refractivity contribution in [1.82, 2.24) is 0 Å². The van der Waals surface area contributed by atoms with E-state index in [2.05, 4.69) is 0 Å². The van der Waals surface area contributed by atoms with E-state index in [1.165, 1.54) is 0 Å². The monoisotopic (exact) mass is 270 g/mol. The Hall–Kier alpha value is -2.49. The van der Waals surface area contributed by atoms with Gasteiger partial charge in [0.05, 0.1) is 7.11 Å². The molecular formula is C16H14O4. The van der Waals surface area contributed by atoms with E-state index < -0.39 is 11.6 Å². The van der Waals surface area contributed by atoms with Gasteiger partial charge in [-0.3, -0.25) is 0 Å². The van der Waals surface area contributed by atoms with Crippen LogP contribution in [-0.2, 0) is 10.4 Å². The Bertz CT molecular complexity index is 693. The molecule has 1 unspecified atom stereocenters. The van der Waals surface area contributed by atoms with Crippen LogP contribution in [0.25, 0.3) is 11.1 Å². The average Bonchev–Trinajstić information content (AvgIpc) is 2.47. The maximum Gasteiger partial charge on any atom is 0.352 e. The normalized spacial score (nSPS) is 19.5. The fourth-order valence-electron chi connectivity index (χ4n) is 2.49. The molecule has 0 spiro atoms. The summed E-state index contributed by atoms with van der Waals surface area (Å²) in [4.78, 5) is 11.7. The van der Waals surface area contributed by atoms with Crippen LogP contribution in [0.1, 0.15) is 12.5 Å². The first-order valence-electron chi connectivity index (χ1n) is 6.26. The molecule has 0 amide bonds. The number of aliphatic carboxylic acids is 1. The molecule has 0 fully saturated rings. The van der Waals surface area contributed by atoms with Crippen LogP contribution < -0.4 is 9.47 Å². The Morgan fingerprint density at radius 2 is 1.95 bits per heavy atom. The van der Waals surface area contributed by atoms with Gasteiger partial charge in [-0.1, -0.05) is 24.3 Å². The molecule has 1 atom stereocenters. The summed E-state index contributed by atoms with van der Waals surface area (Å²) in [7, 11) is 1.55. The number of carbonyl (C=O) groups is 1. The molecule has 4 heteroatoms. The van der Waals surface area contributed by atoms with Crippen molar-refractivity contribution in [3.05, 3.63) is 48.0 Å². The Morgan fingerprint density at radius 1 is 1.20 bits per heavy atom. The third kappa shape index (κ3) is 1.65. The number of fused-ring (bicyclic) bond motifs is 3. The van der Waals surface area contributed by atoms with Crippen LogP contribution >= 0.6 is 0 Å².